The lowest BCUT2D eigenvalue weighted by Gasteiger charge is -2.13. The molecule has 0 aliphatic carbocycles. The van der Waals surface area contributed by atoms with Crippen LogP contribution in [0.3, 0.4) is 0 Å². The molecule has 0 atom stereocenters. The molecule has 0 saturated heterocycles. The van der Waals surface area contributed by atoms with Crippen molar-refractivity contribution in [3.63, 3.8) is 0 Å². The number of anilines is 1. The first-order valence-corrected chi connectivity index (χ1v) is 7.33. The number of aromatic nitrogens is 1. The predicted molar refractivity (Wildman–Crippen MR) is 81.0 cm³/mol. The number of aryl methyl sites for hydroxylation is 1. The molecule has 1 heterocycles. The largest absolute Gasteiger partial charge is 0.301 e. The van der Waals surface area contributed by atoms with Crippen molar-refractivity contribution in [1.82, 2.24) is 4.98 Å². The molecule has 0 saturated carbocycles. The van der Waals surface area contributed by atoms with Crippen LogP contribution in [0.5, 0.6) is 0 Å². The zero-order valence-corrected chi connectivity index (χ0v) is 13.3. The van der Waals surface area contributed by atoms with E-state index in [4.69, 9.17) is 11.6 Å². The number of hydrogen-bond donors (Lipinski definition) is 1. The van der Waals surface area contributed by atoms with E-state index in [0.29, 0.717) is 10.2 Å². The van der Waals surface area contributed by atoms with Gasteiger partial charge in [-0.1, -0.05) is 38.9 Å². The van der Waals surface area contributed by atoms with Crippen LogP contribution in [0.25, 0.3) is 10.2 Å². The molecule has 2 rings (SSSR count). The van der Waals surface area contributed by atoms with Crippen molar-refractivity contribution in [3.05, 3.63) is 22.7 Å². The number of carbonyl (C=O) groups is 1. The van der Waals surface area contributed by atoms with Gasteiger partial charge in [0.25, 0.3) is 0 Å². The summed E-state index contributed by atoms with van der Waals surface area (Å²) >= 11 is 10.7. The first-order chi connectivity index (χ1) is 8.27. The lowest BCUT2D eigenvalue weighted by Crippen LogP contribution is -2.30. The average Bonchev–Trinajstić information content (AvgIpc) is 2.58. The van der Waals surface area contributed by atoms with Crippen molar-refractivity contribution in [2.45, 2.75) is 25.1 Å². The second kappa shape index (κ2) is 4.79. The van der Waals surface area contributed by atoms with Crippen LogP contribution in [0.2, 0.25) is 5.02 Å². The van der Waals surface area contributed by atoms with Gasteiger partial charge >= 0.3 is 0 Å². The Hall–Kier alpha value is -0.650. The van der Waals surface area contributed by atoms with E-state index in [-0.39, 0.29) is 5.91 Å². The molecule has 0 unspecified atom stereocenters. The van der Waals surface area contributed by atoms with Crippen molar-refractivity contribution in [2.75, 3.05) is 5.32 Å². The molecule has 96 valence electrons. The number of nitrogens with zero attached hydrogens (tertiary/aromatic N) is 1. The highest BCUT2D eigenvalue weighted by atomic mass is 79.9. The third kappa shape index (κ3) is 2.84. The Morgan fingerprint density at radius 1 is 1.50 bits per heavy atom. The standard InChI is InChI=1S/C12H12BrClN2OS/c1-6-4-7(14)5-8-9(6)15-11(18-8)16-10(17)12(2,3)13/h4-5H,1-3H3,(H,15,16,17). The molecular formula is C12H12BrClN2OS. The zero-order valence-electron chi connectivity index (χ0n) is 10.2. The molecule has 0 spiro atoms. The fraction of sp³-hybridized carbons (Fsp3) is 0.333. The van der Waals surface area contributed by atoms with Crippen molar-refractivity contribution in [3.8, 4) is 0 Å². The Balaban J connectivity index is 2.37. The summed E-state index contributed by atoms with van der Waals surface area (Å²) in [5.41, 5.74) is 1.89. The van der Waals surface area contributed by atoms with Crippen LogP contribution in [-0.2, 0) is 4.79 Å². The van der Waals surface area contributed by atoms with Gasteiger partial charge in [-0.2, -0.15) is 0 Å². The summed E-state index contributed by atoms with van der Waals surface area (Å²) in [4.78, 5) is 16.3. The SMILES string of the molecule is Cc1cc(Cl)cc2sc(NC(=O)C(C)(C)Br)nc12. The molecule has 1 aromatic carbocycles. The summed E-state index contributed by atoms with van der Waals surface area (Å²) in [7, 11) is 0. The van der Waals surface area contributed by atoms with Crippen molar-refractivity contribution >= 4 is 60.1 Å². The van der Waals surface area contributed by atoms with Gasteiger partial charge in [0.05, 0.1) is 14.5 Å². The number of alkyl halides is 1. The maximum atomic E-state index is 11.8. The number of fused-ring (bicyclic) bond motifs is 1. The van der Waals surface area contributed by atoms with E-state index in [1.54, 1.807) is 13.8 Å². The van der Waals surface area contributed by atoms with E-state index in [0.717, 1.165) is 15.8 Å². The molecule has 1 aromatic heterocycles. The second-order valence-electron chi connectivity index (χ2n) is 4.52. The summed E-state index contributed by atoms with van der Waals surface area (Å²) in [6, 6.07) is 3.72. The molecule has 0 fully saturated rings. The number of halogens is 2. The maximum Gasteiger partial charge on any atom is 0.242 e. The van der Waals surface area contributed by atoms with Gasteiger partial charge in [-0.15, -0.1) is 0 Å². The molecule has 2 aromatic rings. The minimum atomic E-state index is -0.614. The highest BCUT2D eigenvalue weighted by Gasteiger charge is 2.24. The van der Waals surface area contributed by atoms with Gasteiger partial charge in [-0.05, 0) is 38.5 Å². The lowest BCUT2D eigenvalue weighted by atomic mass is 10.2. The monoisotopic (exact) mass is 346 g/mol. The summed E-state index contributed by atoms with van der Waals surface area (Å²) in [6.45, 7) is 5.53. The number of amides is 1. The summed E-state index contributed by atoms with van der Waals surface area (Å²) < 4.78 is 0.361. The van der Waals surface area contributed by atoms with Gasteiger partial charge in [0.15, 0.2) is 5.13 Å². The van der Waals surface area contributed by atoms with E-state index in [1.807, 2.05) is 19.1 Å². The van der Waals surface area contributed by atoms with Gasteiger partial charge in [-0.3, -0.25) is 4.79 Å². The summed E-state index contributed by atoms with van der Waals surface area (Å²) in [6.07, 6.45) is 0. The van der Waals surface area contributed by atoms with Crippen LogP contribution >= 0.6 is 38.9 Å². The van der Waals surface area contributed by atoms with Crippen molar-refractivity contribution in [2.24, 2.45) is 0 Å². The topological polar surface area (TPSA) is 42.0 Å². The van der Waals surface area contributed by atoms with Crippen molar-refractivity contribution in [1.29, 1.82) is 0 Å². The highest BCUT2D eigenvalue weighted by molar-refractivity contribution is 9.10. The van der Waals surface area contributed by atoms with Crippen LogP contribution < -0.4 is 5.32 Å². The molecule has 18 heavy (non-hydrogen) atoms. The number of carbonyl (C=O) groups excluding carboxylic acids is 1. The average molecular weight is 348 g/mol. The normalized spacial score (nSPS) is 11.8. The van der Waals surface area contributed by atoms with E-state index >= 15 is 0 Å². The number of hydrogen-bond acceptors (Lipinski definition) is 3. The second-order valence-corrected chi connectivity index (χ2v) is 7.96. The van der Waals surface area contributed by atoms with E-state index in [2.05, 4.69) is 26.2 Å². The molecule has 0 radical (unpaired) electrons. The Morgan fingerprint density at radius 2 is 2.17 bits per heavy atom. The van der Waals surface area contributed by atoms with E-state index in [9.17, 15) is 4.79 Å². The zero-order chi connectivity index (χ0) is 13.5. The number of thiazole rings is 1. The van der Waals surface area contributed by atoms with Crippen LogP contribution in [0, 0.1) is 6.92 Å². The highest BCUT2D eigenvalue weighted by Crippen LogP contribution is 2.31. The molecular weight excluding hydrogens is 336 g/mol. The molecule has 1 amide bonds. The first-order valence-electron chi connectivity index (χ1n) is 5.34. The third-order valence-electron chi connectivity index (χ3n) is 2.41. The lowest BCUT2D eigenvalue weighted by molar-refractivity contribution is -0.117. The van der Waals surface area contributed by atoms with E-state index < -0.39 is 4.32 Å². The van der Waals surface area contributed by atoms with Crippen molar-refractivity contribution < 1.29 is 4.79 Å². The number of benzene rings is 1. The van der Waals surface area contributed by atoms with Gasteiger partial charge in [-0.25, -0.2) is 4.98 Å². The number of nitrogens with one attached hydrogen (secondary N) is 1. The van der Waals surface area contributed by atoms with Crippen LogP contribution in [-0.4, -0.2) is 15.2 Å². The first kappa shape index (κ1) is 13.8. The predicted octanol–water partition coefficient (Wildman–Crippen LogP) is 4.37. The Kier molecular flexibility index (Phi) is 3.67. The van der Waals surface area contributed by atoms with Crippen LogP contribution in [0.4, 0.5) is 5.13 Å². The third-order valence-corrected chi connectivity index (χ3v) is 3.91. The van der Waals surface area contributed by atoms with Gasteiger partial charge in [0, 0.05) is 5.02 Å². The smallest absolute Gasteiger partial charge is 0.242 e. The summed E-state index contributed by atoms with van der Waals surface area (Å²) in [5, 5.41) is 4.07. The van der Waals surface area contributed by atoms with Crippen LogP contribution in [0.15, 0.2) is 12.1 Å². The molecule has 0 aliphatic heterocycles. The number of rotatable bonds is 2. The minimum absolute atomic E-state index is 0.120. The maximum absolute atomic E-state index is 11.8. The van der Waals surface area contributed by atoms with Gasteiger partial charge in [0.1, 0.15) is 0 Å². The quantitative estimate of drug-likeness (QED) is 0.820. The van der Waals surface area contributed by atoms with Gasteiger partial charge in [0.2, 0.25) is 5.91 Å². The minimum Gasteiger partial charge on any atom is -0.301 e. The molecule has 0 bridgehead atoms. The Morgan fingerprint density at radius 3 is 2.78 bits per heavy atom. The Labute approximate surface area is 123 Å². The van der Waals surface area contributed by atoms with E-state index in [1.165, 1.54) is 11.3 Å². The molecule has 1 N–H and O–H groups in total. The molecule has 3 nitrogen and oxygen atoms in total. The molecule has 0 aliphatic rings. The summed E-state index contributed by atoms with van der Waals surface area (Å²) in [5.74, 6) is -0.120. The van der Waals surface area contributed by atoms with Crippen LogP contribution in [0.1, 0.15) is 19.4 Å². The molecule has 6 heteroatoms. The fourth-order valence-corrected chi connectivity index (χ4v) is 2.87. The van der Waals surface area contributed by atoms with Gasteiger partial charge < -0.3 is 5.32 Å². The Bertz CT molecular complexity index is 618. The fourth-order valence-electron chi connectivity index (χ4n) is 1.45.